The van der Waals surface area contributed by atoms with Gasteiger partial charge >= 0.3 is 5.97 Å². The SMILES string of the molecule is CN(C(=O)[C@H](Cc1ccccc1)NC(=O)[C@H](COCc1ccccc1)NC(=O)[C@H](COCc1ccccc1)NC(=O)[C@@H](N)Cc1ccccc1)C(C)(C)C(=O)O. The summed E-state index contributed by atoms with van der Waals surface area (Å²) in [5.41, 5.74) is 7.87. The van der Waals surface area contributed by atoms with Gasteiger partial charge in [-0.2, -0.15) is 0 Å². The molecule has 0 aromatic heterocycles. The number of carboxylic acid groups (broad SMARTS) is 1. The topological polar surface area (TPSA) is 189 Å². The van der Waals surface area contributed by atoms with Crippen LogP contribution in [-0.4, -0.2) is 89.6 Å². The van der Waals surface area contributed by atoms with Crippen molar-refractivity contribution in [2.45, 2.75) is 69.6 Å². The Morgan fingerprint density at radius 2 is 0.946 bits per heavy atom. The first kappa shape index (κ1) is 42.8. The smallest absolute Gasteiger partial charge is 0.329 e. The maximum Gasteiger partial charge on any atom is 0.329 e. The number of carbonyl (C=O) groups excluding carboxylic acids is 4. The predicted octanol–water partition coefficient (Wildman–Crippen LogP) is 3.01. The summed E-state index contributed by atoms with van der Waals surface area (Å²) in [5, 5.41) is 18.0. The normalized spacial score (nSPS) is 13.4. The molecule has 0 spiro atoms. The lowest BCUT2D eigenvalue weighted by Crippen LogP contribution is -2.61. The third-order valence-electron chi connectivity index (χ3n) is 9.28. The minimum absolute atomic E-state index is 0.0301. The second-order valence-corrected chi connectivity index (χ2v) is 13.9. The van der Waals surface area contributed by atoms with E-state index in [0.29, 0.717) is 5.56 Å². The average molecular weight is 766 g/mol. The van der Waals surface area contributed by atoms with Crippen LogP contribution < -0.4 is 21.7 Å². The molecule has 13 nitrogen and oxygen atoms in total. The number of hydrogen-bond acceptors (Lipinski definition) is 8. The Hall–Kier alpha value is -5.89. The number of amides is 4. The number of nitrogens with one attached hydrogen (secondary N) is 3. The highest BCUT2D eigenvalue weighted by Gasteiger charge is 2.39. The number of ether oxygens (including phenoxy) is 2. The molecule has 0 radical (unpaired) electrons. The van der Waals surface area contributed by atoms with Gasteiger partial charge in [0.25, 0.3) is 0 Å². The molecule has 0 aliphatic carbocycles. The van der Waals surface area contributed by atoms with Crippen LogP contribution in [0.15, 0.2) is 121 Å². The lowest BCUT2D eigenvalue weighted by atomic mass is 9.99. The van der Waals surface area contributed by atoms with E-state index in [1.165, 1.54) is 20.9 Å². The number of benzene rings is 4. The monoisotopic (exact) mass is 765 g/mol. The summed E-state index contributed by atoms with van der Waals surface area (Å²) in [6.07, 6.45) is 0.247. The van der Waals surface area contributed by atoms with Crippen LogP contribution >= 0.6 is 0 Å². The van der Waals surface area contributed by atoms with Crippen LogP contribution in [0.1, 0.15) is 36.1 Å². The van der Waals surface area contributed by atoms with Gasteiger partial charge in [-0.15, -0.1) is 0 Å². The molecular formula is C43H51N5O8. The number of carboxylic acids is 1. The fraction of sp³-hybridized carbons (Fsp3) is 0.326. The fourth-order valence-electron chi connectivity index (χ4n) is 5.59. The number of hydrogen-bond donors (Lipinski definition) is 5. The summed E-state index contributed by atoms with van der Waals surface area (Å²) in [4.78, 5) is 68.6. The van der Waals surface area contributed by atoms with Crippen LogP contribution in [0.4, 0.5) is 0 Å². The summed E-state index contributed by atoms with van der Waals surface area (Å²) >= 11 is 0. The molecule has 0 bridgehead atoms. The number of nitrogens with zero attached hydrogens (tertiary/aromatic N) is 1. The molecule has 4 atom stereocenters. The van der Waals surface area contributed by atoms with Gasteiger partial charge in [-0.05, 0) is 42.5 Å². The standard InChI is InChI=1S/C43H51N5O8/c1-43(2,42(53)54)48(3)41(52)35(25-31-18-10-5-11-19-31)45-39(50)37(29-56-27-33-22-14-7-15-23-33)47-40(51)36(28-55-26-32-20-12-6-13-21-32)46-38(49)34(44)24-30-16-8-4-9-17-30/h4-23,34-37H,24-29,44H2,1-3H3,(H,45,50)(H,46,49)(H,47,51)(H,53,54)/t34-,35-,36-,37-/m0/s1. The van der Waals surface area contributed by atoms with Crippen LogP contribution in [0.3, 0.4) is 0 Å². The molecule has 0 heterocycles. The van der Waals surface area contributed by atoms with Gasteiger partial charge in [0, 0.05) is 13.5 Å². The first-order chi connectivity index (χ1) is 26.8. The first-order valence-electron chi connectivity index (χ1n) is 18.3. The molecule has 4 aromatic carbocycles. The third kappa shape index (κ3) is 13.1. The van der Waals surface area contributed by atoms with Gasteiger partial charge in [-0.3, -0.25) is 19.2 Å². The van der Waals surface area contributed by atoms with Gasteiger partial charge in [-0.25, -0.2) is 4.79 Å². The second kappa shape index (κ2) is 21.3. The largest absolute Gasteiger partial charge is 0.480 e. The van der Waals surface area contributed by atoms with Crippen molar-refractivity contribution in [1.82, 2.24) is 20.9 Å². The fourth-order valence-corrected chi connectivity index (χ4v) is 5.59. The molecule has 13 heteroatoms. The molecule has 0 unspecified atom stereocenters. The lowest BCUT2D eigenvalue weighted by Gasteiger charge is -2.35. The van der Waals surface area contributed by atoms with E-state index >= 15 is 0 Å². The van der Waals surface area contributed by atoms with E-state index in [9.17, 15) is 29.1 Å². The van der Waals surface area contributed by atoms with E-state index in [1.54, 1.807) is 24.3 Å². The maximum atomic E-state index is 14.2. The van der Waals surface area contributed by atoms with Crippen molar-refractivity contribution in [2.75, 3.05) is 20.3 Å². The zero-order valence-corrected chi connectivity index (χ0v) is 31.9. The van der Waals surface area contributed by atoms with Crippen LogP contribution in [0, 0.1) is 0 Å². The molecule has 4 amide bonds. The number of nitrogens with two attached hydrogens (primary N) is 1. The summed E-state index contributed by atoms with van der Waals surface area (Å²) < 4.78 is 11.8. The zero-order chi connectivity index (χ0) is 40.5. The van der Waals surface area contributed by atoms with Crippen LogP contribution in [0.5, 0.6) is 0 Å². The van der Waals surface area contributed by atoms with Crippen LogP contribution in [0.2, 0.25) is 0 Å². The van der Waals surface area contributed by atoms with E-state index in [2.05, 4.69) is 16.0 Å². The molecule has 0 saturated heterocycles. The maximum absolute atomic E-state index is 14.2. The Morgan fingerprint density at radius 3 is 1.36 bits per heavy atom. The molecule has 296 valence electrons. The van der Waals surface area contributed by atoms with E-state index in [4.69, 9.17) is 15.2 Å². The number of aliphatic carboxylic acids is 1. The highest BCUT2D eigenvalue weighted by atomic mass is 16.5. The predicted molar refractivity (Wildman–Crippen MR) is 211 cm³/mol. The number of carbonyl (C=O) groups is 5. The summed E-state index contributed by atoms with van der Waals surface area (Å²) in [5.74, 6) is -4.01. The van der Waals surface area contributed by atoms with Crippen molar-refractivity contribution in [2.24, 2.45) is 5.73 Å². The average Bonchev–Trinajstić information content (AvgIpc) is 3.20. The molecule has 6 N–H and O–H groups in total. The summed E-state index contributed by atoms with van der Waals surface area (Å²) in [7, 11) is 1.36. The second-order valence-electron chi connectivity index (χ2n) is 13.9. The van der Waals surface area contributed by atoms with Gasteiger partial charge in [0.1, 0.15) is 23.7 Å². The van der Waals surface area contributed by atoms with E-state index in [0.717, 1.165) is 21.6 Å². The third-order valence-corrected chi connectivity index (χ3v) is 9.28. The highest BCUT2D eigenvalue weighted by molar-refractivity contribution is 5.96. The van der Waals surface area contributed by atoms with Crippen molar-refractivity contribution >= 4 is 29.6 Å². The Bertz CT molecular complexity index is 1860. The van der Waals surface area contributed by atoms with Crippen molar-refractivity contribution < 1.29 is 38.6 Å². The highest BCUT2D eigenvalue weighted by Crippen LogP contribution is 2.16. The molecule has 0 saturated carbocycles. The first-order valence-corrected chi connectivity index (χ1v) is 18.3. The number of likely N-dealkylation sites (N-methyl/N-ethyl adjacent to an activating group) is 1. The van der Waals surface area contributed by atoms with Gasteiger partial charge in [-0.1, -0.05) is 121 Å². The van der Waals surface area contributed by atoms with Crippen LogP contribution in [0.25, 0.3) is 0 Å². The quantitative estimate of drug-likeness (QED) is 0.0850. The molecule has 0 aliphatic rings. The Kier molecular flexibility index (Phi) is 16.3. The van der Waals surface area contributed by atoms with Crippen LogP contribution in [-0.2, 0) is 59.5 Å². The molecular weight excluding hydrogens is 714 g/mol. The molecule has 0 fully saturated rings. The minimum Gasteiger partial charge on any atom is -0.480 e. The zero-order valence-electron chi connectivity index (χ0n) is 31.9. The lowest BCUT2D eigenvalue weighted by molar-refractivity contribution is -0.156. The summed E-state index contributed by atoms with van der Waals surface area (Å²) in [6.45, 7) is 2.45. The van der Waals surface area contributed by atoms with Crippen molar-refractivity contribution in [1.29, 1.82) is 0 Å². The Balaban J connectivity index is 1.58. The van der Waals surface area contributed by atoms with Crippen molar-refractivity contribution in [3.8, 4) is 0 Å². The minimum atomic E-state index is -1.60. The Labute approximate surface area is 327 Å². The van der Waals surface area contributed by atoms with Gasteiger partial charge in [0.15, 0.2) is 0 Å². The molecule has 4 rings (SSSR count). The Morgan fingerprint density at radius 1 is 0.589 bits per heavy atom. The van der Waals surface area contributed by atoms with Gasteiger partial charge in [0.2, 0.25) is 23.6 Å². The van der Waals surface area contributed by atoms with E-state index < -0.39 is 59.3 Å². The molecule has 0 aliphatic heterocycles. The molecule has 4 aromatic rings. The van der Waals surface area contributed by atoms with E-state index in [-0.39, 0.29) is 39.3 Å². The van der Waals surface area contributed by atoms with Crippen molar-refractivity contribution in [3.05, 3.63) is 144 Å². The van der Waals surface area contributed by atoms with Gasteiger partial charge < -0.3 is 41.2 Å². The molecule has 56 heavy (non-hydrogen) atoms. The van der Waals surface area contributed by atoms with Crippen molar-refractivity contribution in [3.63, 3.8) is 0 Å². The summed E-state index contributed by atoms with van der Waals surface area (Å²) in [6, 6.07) is 31.8. The van der Waals surface area contributed by atoms with Gasteiger partial charge in [0.05, 0.1) is 32.5 Å². The van der Waals surface area contributed by atoms with E-state index in [1.807, 2.05) is 97.1 Å². The number of rotatable bonds is 21.